The third-order valence-electron chi connectivity index (χ3n) is 4.38. The Kier molecular flexibility index (Phi) is 5.15. The lowest BCUT2D eigenvalue weighted by Gasteiger charge is -2.13. The number of ether oxygens (including phenoxy) is 2. The number of aromatic nitrogens is 1. The van der Waals surface area contributed by atoms with E-state index in [2.05, 4.69) is 4.98 Å². The molecule has 142 valence electrons. The molecule has 1 saturated heterocycles. The number of hydrogen-bond donors (Lipinski definition) is 0. The van der Waals surface area contributed by atoms with E-state index in [4.69, 9.17) is 44.3 Å². The molecule has 0 bridgehead atoms. The molecule has 28 heavy (non-hydrogen) atoms. The number of benzene rings is 2. The van der Waals surface area contributed by atoms with Gasteiger partial charge in [-0.15, -0.1) is 0 Å². The van der Waals surface area contributed by atoms with Crippen LogP contribution in [0.2, 0.25) is 15.1 Å². The number of hydrogen-bond acceptors (Lipinski definition) is 5. The van der Waals surface area contributed by atoms with E-state index in [-0.39, 0.29) is 22.2 Å². The van der Waals surface area contributed by atoms with Crippen molar-refractivity contribution in [2.45, 2.75) is 12.5 Å². The normalized spacial score (nSPS) is 16.2. The van der Waals surface area contributed by atoms with E-state index in [1.807, 2.05) is 0 Å². The molecule has 0 radical (unpaired) electrons. The van der Waals surface area contributed by atoms with Crippen LogP contribution in [0.15, 0.2) is 42.5 Å². The van der Waals surface area contributed by atoms with Crippen LogP contribution in [0.3, 0.4) is 0 Å². The summed E-state index contributed by atoms with van der Waals surface area (Å²) in [6.07, 6.45) is -0.574. The average Bonchev–Trinajstić information content (AvgIpc) is 3.10. The van der Waals surface area contributed by atoms with E-state index in [1.165, 1.54) is 0 Å². The molecule has 0 amide bonds. The lowest BCUT2D eigenvalue weighted by molar-refractivity contribution is -0.145. The SMILES string of the molecule is O=C(OC1CCOC1=O)c1cc(-c2ccc(Cl)c(Cl)c2Cl)nc2ccccc12. The highest BCUT2D eigenvalue weighted by Crippen LogP contribution is 2.38. The van der Waals surface area contributed by atoms with Gasteiger partial charge in [0.15, 0.2) is 0 Å². The monoisotopic (exact) mass is 435 g/mol. The molecular formula is C20H12Cl3NO4. The molecule has 3 aromatic rings. The Morgan fingerprint density at radius 3 is 2.64 bits per heavy atom. The topological polar surface area (TPSA) is 65.5 Å². The summed E-state index contributed by atoms with van der Waals surface area (Å²) in [5.74, 6) is -1.18. The highest BCUT2D eigenvalue weighted by Gasteiger charge is 2.31. The van der Waals surface area contributed by atoms with E-state index in [1.54, 1.807) is 42.5 Å². The lowest BCUT2D eigenvalue weighted by Crippen LogP contribution is -2.23. The van der Waals surface area contributed by atoms with Crippen molar-refractivity contribution in [3.63, 3.8) is 0 Å². The summed E-state index contributed by atoms with van der Waals surface area (Å²) >= 11 is 18.5. The van der Waals surface area contributed by atoms with E-state index < -0.39 is 18.0 Å². The quantitative estimate of drug-likeness (QED) is 0.410. The number of carbonyl (C=O) groups excluding carboxylic acids is 2. The summed E-state index contributed by atoms with van der Waals surface area (Å²) in [6.45, 7) is 0.234. The first-order valence-electron chi connectivity index (χ1n) is 8.37. The molecule has 2 heterocycles. The van der Waals surface area contributed by atoms with Crippen LogP contribution in [0.5, 0.6) is 0 Å². The summed E-state index contributed by atoms with van der Waals surface area (Å²) in [6, 6.07) is 12.0. The van der Waals surface area contributed by atoms with Gasteiger partial charge in [0.2, 0.25) is 6.10 Å². The van der Waals surface area contributed by atoms with Crippen LogP contribution < -0.4 is 0 Å². The van der Waals surface area contributed by atoms with Crippen LogP contribution >= 0.6 is 34.8 Å². The van der Waals surface area contributed by atoms with Crippen LogP contribution in [-0.4, -0.2) is 29.6 Å². The molecule has 4 rings (SSSR count). The van der Waals surface area contributed by atoms with Crippen LogP contribution in [0.1, 0.15) is 16.8 Å². The van der Waals surface area contributed by atoms with Gasteiger partial charge in [0.05, 0.1) is 38.4 Å². The molecule has 0 N–H and O–H groups in total. The third-order valence-corrected chi connectivity index (χ3v) is 5.68. The lowest BCUT2D eigenvalue weighted by atomic mass is 10.0. The standard InChI is InChI=1S/C20H12Cl3NO4/c21-13-6-5-11(17(22)18(13)23)15-9-12(10-3-1-2-4-14(10)24-15)19(25)28-16-7-8-27-20(16)26/h1-6,9,16H,7-8H2. The van der Waals surface area contributed by atoms with Crippen molar-refractivity contribution in [3.05, 3.63) is 63.1 Å². The second-order valence-electron chi connectivity index (χ2n) is 6.15. The number of para-hydroxylation sites is 1. The zero-order valence-electron chi connectivity index (χ0n) is 14.2. The number of nitrogens with zero attached hydrogens (tertiary/aromatic N) is 1. The fourth-order valence-corrected chi connectivity index (χ4v) is 3.62. The molecule has 0 saturated carbocycles. The minimum atomic E-state index is -0.906. The first-order valence-corrected chi connectivity index (χ1v) is 9.50. The Morgan fingerprint density at radius 1 is 1.11 bits per heavy atom. The highest BCUT2D eigenvalue weighted by molar-refractivity contribution is 6.49. The zero-order valence-corrected chi connectivity index (χ0v) is 16.5. The summed E-state index contributed by atoms with van der Waals surface area (Å²) < 4.78 is 10.2. The summed E-state index contributed by atoms with van der Waals surface area (Å²) in [4.78, 5) is 29.0. The van der Waals surface area contributed by atoms with Gasteiger partial charge in [0, 0.05) is 17.4 Å². The zero-order chi connectivity index (χ0) is 19.8. The van der Waals surface area contributed by atoms with Crippen molar-refractivity contribution in [1.82, 2.24) is 4.98 Å². The molecule has 2 aromatic carbocycles. The highest BCUT2D eigenvalue weighted by atomic mass is 35.5. The first-order chi connectivity index (χ1) is 13.5. The van der Waals surface area contributed by atoms with Crippen molar-refractivity contribution in [1.29, 1.82) is 0 Å². The molecule has 1 atom stereocenters. The average molecular weight is 437 g/mol. The number of cyclic esters (lactones) is 1. The van der Waals surface area contributed by atoms with Gasteiger partial charge >= 0.3 is 11.9 Å². The number of carbonyl (C=O) groups is 2. The molecule has 1 aliphatic rings. The van der Waals surface area contributed by atoms with Gasteiger partial charge in [-0.2, -0.15) is 0 Å². The fourth-order valence-electron chi connectivity index (χ4n) is 2.98. The number of esters is 2. The first kappa shape index (κ1) is 19.0. The van der Waals surface area contributed by atoms with Gasteiger partial charge in [0.25, 0.3) is 0 Å². The summed E-state index contributed by atoms with van der Waals surface area (Å²) in [7, 11) is 0. The molecule has 1 fully saturated rings. The Morgan fingerprint density at radius 2 is 1.89 bits per heavy atom. The maximum Gasteiger partial charge on any atom is 0.347 e. The van der Waals surface area contributed by atoms with Gasteiger partial charge in [0.1, 0.15) is 0 Å². The smallest absolute Gasteiger partial charge is 0.347 e. The van der Waals surface area contributed by atoms with Crippen LogP contribution in [0, 0.1) is 0 Å². The number of halogens is 3. The number of fused-ring (bicyclic) bond motifs is 1. The Bertz CT molecular complexity index is 1120. The molecule has 0 aliphatic carbocycles. The molecule has 8 heteroatoms. The second-order valence-corrected chi connectivity index (χ2v) is 7.31. The second kappa shape index (κ2) is 7.59. The van der Waals surface area contributed by atoms with Gasteiger partial charge < -0.3 is 9.47 Å². The number of pyridine rings is 1. The van der Waals surface area contributed by atoms with Crippen LogP contribution in [0.4, 0.5) is 0 Å². The van der Waals surface area contributed by atoms with Crippen molar-refractivity contribution < 1.29 is 19.1 Å². The molecule has 1 unspecified atom stereocenters. The van der Waals surface area contributed by atoms with E-state index >= 15 is 0 Å². The van der Waals surface area contributed by atoms with Gasteiger partial charge in [-0.3, -0.25) is 0 Å². The van der Waals surface area contributed by atoms with E-state index in [0.717, 1.165) is 0 Å². The van der Waals surface area contributed by atoms with Crippen molar-refractivity contribution in [2.24, 2.45) is 0 Å². The van der Waals surface area contributed by atoms with E-state index in [0.29, 0.717) is 33.6 Å². The van der Waals surface area contributed by atoms with Crippen molar-refractivity contribution in [2.75, 3.05) is 6.61 Å². The molecular weight excluding hydrogens is 425 g/mol. The molecule has 1 aliphatic heterocycles. The van der Waals surface area contributed by atoms with Crippen molar-refractivity contribution in [3.8, 4) is 11.3 Å². The summed E-state index contributed by atoms with van der Waals surface area (Å²) in [5.41, 5.74) is 1.80. The van der Waals surface area contributed by atoms with Crippen molar-refractivity contribution >= 4 is 57.6 Å². The van der Waals surface area contributed by atoms with E-state index in [9.17, 15) is 9.59 Å². The third kappa shape index (κ3) is 3.41. The molecule has 5 nitrogen and oxygen atoms in total. The van der Waals surface area contributed by atoms with Gasteiger partial charge in [-0.1, -0.05) is 53.0 Å². The minimum Gasteiger partial charge on any atom is -0.463 e. The fraction of sp³-hybridized carbons (Fsp3) is 0.150. The number of rotatable bonds is 3. The predicted octanol–water partition coefficient (Wildman–Crippen LogP) is 5.33. The Hall–Kier alpha value is -2.34. The molecule has 0 spiro atoms. The maximum absolute atomic E-state index is 12.8. The Balaban J connectivity index is 1.83. The van der Waals surface area contributed by atoms with Crippen LogP contribution in [0.25, 0.3) is 22.2 Å². The van der Waals surface area contributed by atoms with Crippen LogP contribution in [-0.2, 0) is 14.3 Å². The maximum atomic E-state index is 12.8. The van der Waals surface area contributed by atoms with Gasteiger partial charge in [-0.05, 0) is 24.3 Å². The summed E-state index contributed by atoms with van der Waals surface area (Å²) in [5, 5.41) is 1.35. The predicted molar refractivity (Wildman–Crippen MR) is 107 cm³/mol. The Labute approximate surface area is 175 Å². The molecule has 1 aromatic heterocycles. The minimum absolute atomic E-state index is 0.202. The van der Waals surface area contributed by atoms with Gasteiger partial charge in [-0.25, -0.2) is 14.6 Å². The largest absolute Gasteiger partial charge is 0.463 e.